The van der Waals surface area contributed by atoms with Crippen molar-refractivity contribution < 1.29 is 13.6 Å². The first-order valence-electron chi connectivity index (χ1n) is 3.79. The largest absolute Gasteiger partial charge is 0.345 e. The van der Waals surface area contributed by atoms with Crippen molar-refractivity contribution in [3.63, 3.8) is 0 Å². The highest BCUT2D eigenvalue weighted by Crippen LogP contribution is 2.17. The summed E-state index contributed by atoms with van der Waals surface area (Å²) in [5.74, 6) is -1.96. The fourth-order valence-electron chi connectivity index (χ4n) is 0.927. The number of amides is 1. The van der Waals surface area contributed by atoms with Gasteiger partial charge in [-0.2, -0.15) is 0 Å². The minimum Gasteiger partial charge on any atom is -0.345 e. The zero-order valence-electron chi connectivity index (χ0n) is 7.64. The van der Waals surface area contributed by atoms with Gasteiger partial charge in [0.15, 0.2) is 0 Å². The lowest BCUT2D eigenvalue weighted by Crippen LogP contribution is -2.23. The van der Waals surface area contributed by atoms with Gasteiger partial charge in [-0.1, -0.05) is 0 Å². The van der Waals surface area contributed by atoms with Crippen LogP contribution in [0.3, 0.4) is 0 Å². The quantitative estimate of drug-likeness (QED) is 0.575. The van der Waals surface area contributed by atoms with Crippen LogP contribution in [0, 0.1) is 15.2 Å². The molecule has 0 aliphatic rings. The van der Waals surface area contributed by atoms with Gasteiger partial charge in [0.1, 0.15) is 11.6 Å². The average Bonchev–Trinajstić information content (AvgIpc) is 2.10. The first-order chi connectivity index (χ1) is 6.43. The summed E-state index contributed by atoms with van der Waals surface area (Å²) in [6.45, 7) is 0. The number of carbonyl (C=O) groups excluding carboxylic acids is 1. The van der Waals surface area contributed by atoms with E-state index < -0.39 is 17.5 Å². The van der Waals surface area contributed by atoms with Gasteiger partial charge in [0.25, 0.3) is 5.91 Å². The molecule has 1 aromatic rings. The van der Waals surface area contributed by atoms with Crippen molar-refractivity contribution in [2.75, 3.05) is 14.1 Å². The maximum atomic E-state index is 13.2. The fourth-order valence-corrected chi connectivity index (χ4v) is 1.39. The van der Waals surface area contributed by atoms with Gasteiger partial charge in [0.2, 0.25) is 0 Å². The molecule has 0 bridgehead atoms. The summed E-state index contributed by atoms with van der Waals surface area (Å²) >= 11 is 1.71. The van der Waals surface area contributed by atoms with Gasteiger partial charge in [-0.25, -0.2) is 8.78 Å². The molecule has 0 saturated heterocycles. The normalized spacial score (nSPS) is 10.1. The van der Waals surface area contributed by atoms with Crippen molar-refractivity contribution in [3.05, 3.63) is 32.9 Å². The molecule has 0 aliphatic heterocycles. The summed E-state index contributed by atoms with van der Waals surface area (Å²) in [6, 6.07) is 1.92. The van der Waals surface area contributed by atoms with E-state index in [0.29, 0.717) is 0 Å². The van der Waals surface area contributed by atoms with E-state index in [1.807, 2.05) is 0 Å². The van der Waals surface area contributed by atoms with Crippen LogP contribution >= 0.6 is 22.6 Å². The molecule has 0 spiro atoms. The molecule has 0 saturated carbocycles. The molecule has 0 N–H and O–H groups in total. The Morgan fingerprint density at radius 2 is 1.86 bits per heavy atom. The molecule has 76 valence electrons. The Hall–Kier alpha value is -0.720. The summed E-state index contributed by atoms with van der Waals surface area (Å²) in [7, 11) is 3.02. The Kier molecular flexibility index (Phi) is 3.41. The second kappa shape index (κ2) is 4.20. The number of nitrogens with zero attached hydrogens (tertiary/aromatic N) is 1. The Labute approximate surface area is 94.0 Å². The lowest BCUT2D eigenvalue weighted by Gasteiger charge is -2.11. The molecule has 0 heterocycles. The van der Waals surface area contributed by atoms with Gasteiger partial charge >= 0.3 is 0 Å². The monoisotopic (exact) mass is 311 g/mol. The third-order valence-electron chi connectivity index (χ3n) is 1.65. The molecule has 0 aromatic heterocycles. The van der Waals surface area contributed by atoms with Gasteiger partial charge in [-0.05, 0) is 28.7 Å². The molecule has 1 aromatic carbocycles. The summed E-state index contributed by atoms with van der Waals surface area (Å²) in [6.07, 6.45) is 0. The molecule has 1 amide bonds. The third-order valence-corrected chi connectivity index (χ3v) is 2.47. The number of benzene rings is 1. The first kappa shape index (κ1) is 11.4. The Morgan fingerprint density at radius 1 is 1.29 bits per heavy atom. The van der Waals surface area contributed by atoms with Crippen LogP contribution in [0.4, 0.5) is 8.78 Å². The van der Waals surface area contributed by atoms with Crippen molar-refractivity contribution >= 4 is 28.5 Å². The predicted octanol–water partition coefficient (Wildman–Crippen LogP) is 2.27. The van der Waals surface area contributed by atoms with Crippen molar-refractivity contribution in [1.29, 1.82) is 0 Å². The van der Waals surface area contributed by atoms with E-state index in [1.165, 1.54) is 25.1 Å². The average molecular weight is 311 g/mol. The molecule has 0 fully saturated rings. The minimum absolute atomic E-state index is 0.110. The first-order valence-corrected chi connectivity index (χ1v) is 4.87. The molecule has 2 nitrogen and oxygen atoms in total. The maximum Gasteiger partial charge on any atom is 0.256 e. The topological polar surface area (TPSA) is 20.3 Å². The molecular formula is C9H8F2INO. The van der Waals surface area contributed by atoms with Crippen molar-refractivity contribution in [3.8, 4) is 0 Å². The second-order valence-corrected chi connectivity index (χ2v) is 4.11. The van der Waals surface area contributed by atoms with Gasteiger partial charge in [0, 0.05) is 23.7 Å². The van der Waals surface area contributed by atoms with E-state index in [4.69, 9.17) is 0 Å². The fraction of sp³-hybridized carbons (Fsp3) is 0.222. The SMILES string of the molecule is CN(C)C(=O)c1cc(I)c(F)cc1F. The van der Waals surface area contributed by atoms with Gasteiger partial charge in [0.05, 0.1) is 5.56 Å². The Bertz CT molecular complexity index is 379. The van der Waals surface area contributed by atoms with Crippen LogP contribution in [-0.2, 0) is 0 Å². The smallest absolute Gasteiger partial charge is 0.256 e. The van der Waals surface area contributed by atoms with Gasteiger partial charge in [-0.3, -0.25) is 4.79 Å². The van der Waals surface area contributed by atoms with Crippen molar-refractivity contribution in [2.45, 2.75) is 0 Å². The van der Waals surface area contributed by atoms with Crippen LogP contribution in [0.5, 0.6) is 0 Å². The van der Waals surface area contributed by atoms with Gasteiger partial charge in [-0.15, -0.1) is 0 Å². The van der Waals surface area contributed by atoms with Crippen LogP contribution in [0.1, 0.15) is 10.4 Å². The van der Waals surface area contributed by atoms with Gasteiger partial charge < -0.3 is 4.90 Å². The molecule has 5 heteroatoms. The molecule has 14 heavy (non-hydrogen) atoms. The maximum absolute atomic E-state index is 13.2. The molecule has 0 unspecified atom stereocenters. The third kappa shape index (κ3) is 2.20. The molecule has 0 atom stereocenters. The minimum atomic E-state index is -0.832. The van der Waals surface area contributed by atoms with Crippen molar-refractivity contribution in [2.24, 2.45) is 0 Å². The van der Waals surface area contributed by atoms with Crippen molar-refractivity contribution in [1.82, 2.24) is 4.90 Å². The highest BCUT2D eigenvalue weighted by Gasteiger charge is 2.16. The van der Waals surface area contributed by atoms with E-state index in [9.17, 15) is 13.6 Å². The van der Waals surface area contributed by atoms with Crippen LogP contribution in [0.15, 0.2) is 12.1 Å². The van der Waals surface area contributed by atoms with E-state index in [0.717, 1.165) is 6.07 Å². The Morgan fingerprint density at radius 3 is 2.36 bits per heavy atom. The van der Waals surface area contributed by atoms with Crippen LogP contribution in [0.25, 0.3) is 0 Å². The number of rotatable bonds is 1. The number of carbonyl (C=O) groups is 1. The summed E-state index contributed by atoms with van der Waals surface area (Å²) < 4.78 is 26.2. The highest BCUT2D eigenvalue weighted by molar-refractivity contribution is 14.1. The number of halogens is 3. The molecule has 0 radical (unpaired) electrons. The molecule has 0 aliphatic carbocycles. The summed E-state index contributed by atoms with van der Waals surface area (Å²) in [5, 5.41) is 0. The van der Waals surface area contributed by atoms with E-state index in [2.05, 4.69) is 0 Å². The summed E-state index contributed by atoms with van der Waals surface area (Å²) in [5.41, 5.74) is -0.110. The van der Waals surface area contributed by atoms with Crippen LogP contribution < -0.4 is 0 Å². The zero-order valence-corrected chi connectivity index (χ0v) is 9.80. The number of hydrogen-bond acceptors (Lipinski definition) is 1. The van der Waals surface area contributed by atoms with Crippen LogP contribution in [0.2, 0.25) is 0 Å². The standard InChI is InChI=1S/C9H8F2INO/c1-13(2)9(14)5-3-8(12)7(11)4-6(5)10/h3-4H,1-2H3. The second-order valence-electron chi connectivity index (χ2n) is 2.95. The molecule has 1 rings (SSSR count). The zero-order chi connectivity index (χ0) is 10.9. The predicted molar refractivity (Wildman–Crippen MR) is 57.1 cm³/mol. The lowest BCUT2D eigenvalue weighted by atomic mass is 10.2. The number of hydrogen-bond donors (Lipinski definition) is 0. The summed E-state index contributed by atoms with van der Waals surface area (Å²) in [4.78, 5) is 12.6. The lowest BCUT2D eigenvalue weighted by molar-refractivity contribution is 0.0823. The highest BCUT2D eigenvalue weighted by atomic mass is 127. The van der Waals surface area contributed by atoms with E-state index >= 15 is 0 Å². The van der Waals surface area contributed by atoms with Crippen LogP contribution in [-0.4, -0.2) is 24.9 Å². The Balaban J connectivity index is 3.22. The molecular weight excluding hydrogens is 303 g/mol. The van der Waals surface area contributed by atoms with E-state index in [-0.39, 0.29) is 9.13 Å². The van der Waals surface area contributed by atoms with E-state index in [1.54, 1.807) is 22.6 Å².